The number of ether oxygens (including phenoxy) is 1. The van der Waals surface area contributed by atoms with Crippen LogP contribution in [0.3, 0.4) is 0 Å². The van der Waals surface area contributed by atoms with Crippen LogP contribution < -0.4 is 5.32 Å². The van der Waals surface area contributed by atoms with E-state index in [9.17, 15) is 0 Å². The molecule has 2 unspecified atom stereocenters. The monoisotopic (exact) mass is 307 g/mol. The van der Waals surface area contributed by atoms with Crippen LogP contribution in [0.15, 0.2) is 0 Å². The van der Waals surface area contributed by atoms with Gasteiger partial charge in [-0.2, -0.15) is 9.61 Å². The molecule has 4 rings (SSSR count). The summed E-state index contributed by atoms with van der Waals surface area (Å²) in [5.74, 6) is 0.860. The molecule has 4 heterocycles. The van der Waals surface area contributed by atoms with Gasteiger partial charge in [-0.15, -0.1) is 10.2 Å². The Labute approximate surface area is 127 Å². The highest BCUT2D eigenvalue weighted by molar-refractivity contribution is 7.16. The standard InChI is InChI=1S/C14H21N5OS/c1-14(2)6-4-7-15-10(14)12-18-19-11(9-5-3-8-20-9)16-17-13(19)21-12/h9-10,15H,3-8H2,1-2H3. The van der Waals surface area contributed by atoms with Gasteiger partial charge in [0.15, 0.2) is 5.82 Å². The number of rotatable bonds is 2. The van der Waals surface area contributed by atoms with Gasteiger partial charge in [0.25, 0.3) is 0 Å². The Bertz CT molecular complexity index is 643. The van der Waals surface area contributed by atoms with E-state index in [2.05, 4.69) is 29.4 Å². The quantitative estimate of drug-likeness (QED) is 0.923. The Kier molecular flexibility index (Phi) is 3.24. The van der Waals surface area contributed by atoms with Crippen molar-refractivity contribution in [2.24, 2.45) is 5.41 Å². The zero-order chi connectivity index (χ0) is 14.4. The number of hydrogen-bond donors (Lipinski definition) is 1. The molecule has 7 heteroatoms. The second-order valence-corrected chi connectivity index (χ2v) is 7.66. The highest BCUT2D eigenvalue weighted by Gasteiger charge is 2.36. The van der Waals surface area contributed by atoms with Crippen molar-refractivity contribution in [2.75, 3.05) is 13.2 Å². The van der Waals surface area contributed by atoms with E-state index in [1.54, 1.807) is 11.3 Å². The third-order valence-electron chi connectivity index (χ3n) is 4.62. The van der Waals surface area contributed by atoms with Crippen LogP contribution in [0.1, 0.15) is 62.5 Å². The highest BCUT2D eigenvalue weighted by atomic mass is 32.1. The van der Waals surface area contributed by atoms with Gasteiger partial charge in [-0.05, 0) is 37.6 Å². The van der Waals surface area contributed by atoms with E-state index < -0.39 is 0 Å². The number of aromatic nitrogens is 4. The maximum Gasteiger partial charge on any atom is 0.234 e. The zero-order valence-corrected chi connectivity index (χ0v) is 13.3. The van der Waals surface area contributed by atoms with Gasteiger partial charge in [0.2, 0.25) is 4.96 Å². The second kappa shape index (κ2) is 5.00. The van der Waals surface area contributed by atoms with E-state index in [1.165, 1.54) is 12.8 Å². The SMILES string of the molecule is CC1(C)CCCNC1c1nn2c(C3CCCO3)nnc2s1. The Morgan fingerprint density at radius 2 is 2.24 bits per heavy atom. The van der Waals surface area contributed by atoms with Crippen molar-refractivity contribution in [1.82, 2.24) is 25.1 Å². The summed E-state index contributed by atoms with van der Waals surface area (Å²) in [6.45, 7) is 6.50. The van der Waals surface area contributed by atoms with E-state index >= 15 is 0 Å². The molecule has 2 aliphatic heterocycles. The first-order valence-electron chi connectivity index (χ1n) is 7.72. The molecule has 21 heavy (non-hydrogen) atoms. The topological polar surface area (TPSA) is 64.3 Å². The molecule has 2 aliphatic rings. The number of nitrogens with zero attached hydrogens (tertiary/aromatic N) is 4. The average Bonchev–Trinajstić information content (AvgIpc) is 3.13. The molecule has 2 aromatic heterocycles. The molecule has 0 aromatic carbocycles. The number of nitrogens with one attached hydrogen (secondary N) is 1. The van der Waals surface area contributed by atoms with Crippen molar-refractivity contribution in [3.63, 3.8) is 0 Å². The predicted octanol–water partition coefficient (Wildman–Crippen LogP) is 2.49. The van der Waals surface area contributed by atoms with E-state index in [0.29, 0.717) is 6.04 Å². The zero-order valence-electron chi connectivity index (χ0n) is 12.5. The van der Waals surface area contributed by atoms with Crippen LogP contribution in [0.5, 0.6) is 0 Å². The van der Waals surface area contributed by atoms with Gasteiger partial charge in [-0.3, -0.25) is 0 Å². The van der Waals surface area contributed by atoms with Crippen molar-refractivity contribution in [3.8, 4) is 0 Å². The summed E-state index contributed by atoms with van der Waals surface area (Å²) in [4.78, 5) is 0.874. The van der Waals surface area contributed by atoms with Crippen LogP contribution in [0.25, 0.3) is 4.96 Å². The number of piperidine rings is 1. The second-order valence-electron chi connectivity index (χ2n) is 6.67. The molecule has 2 aromatic rings. The summed E-state index contributed by atoms with van der Waals surface area (Å²) in [6, 6.07) is 0.301. The summed E-state index contributed by atoms with van der Waals surface area (Å²) in [7, 11) is 0. The van der Waals surface area contributed by atoms with Crippen molar-refractivity contribution in [1.29, 1.82) is 0 Å². The molecule has 2 fully saturated rings. The van der Waals surface area contributed by atoms with Crippen LogP contribution in [0, 0.1) is 5.41 Å². The van der Waals surface area contributed by atoms with Crippen LogP contribution in [0.4, 0.5) is 0 Å². The largest absolute Gasteiger partial charge is 0.370 e. The fraction of sp³-hybridized carbons (Fsp3) is 0.786. The molecule has 2 saturated heterocycles. The lowest BCUT2D eigenvalue weighted by Gasteiger charge is -2.37. The normalized spacial score (nSPS) is 29.2. The fourth-order valence-electron chi connectivity index (χ4n) is 3.38. The van der Waals surface area contributed by atoms with Gasteiger partial charge in [-0.1, -0.05) is 25.2 Å². The number of hydrogen-bond acceptors (Lipinski definition) is 6. The Balaban J connectivity index is 1.70. The maximum absolute atomic E-state index is 5.73. The third kappa shape index (κ3) is 2.27. The summed E-state index contributed by atoms with van der Waals surface area (Å²) < 4.78 is 7.62. The molecule has 2 atom stereocenters. The van der Waals surface area contributed by atoms with E-state index in [0.717, 1.165) is 41.8 Å². The van der Waals surface area contributed by atoms with E-state index in [4.69, 9.17) is 9.84 Å². The Morgan fingerprint density at radius 3 is 3.00 bits per heavy atom. The van der Waals surface area contributed by atoms with Crippen molar-refractivity contribution < 1.29 is 4.74 Å². The van der Waals surface area contributed by atoms with Crippen molar-refractivity contribution >= 4 is 16.3 Å². The molecule has 0 bridgehead atoms. The lowest BCUT2D eigenvalue weighted by atomic mass is 9.78. The van der Waals surface area contributed by atoms with Gasteiger partial charge in [0.05, 0.1) is 6.04 Å². The first-order valence-corrected chi connectivity index (χ1v) is 8.54. The summed E-state index contributed by atoms with van der Waals surface area (Å²) in [6.07, 6.45) is 4.62. The van der Waals surface area contributed by atoms with Gasteiger partial charge < -0.3 is 10.1 Å². The molecule has 1 N–H and O–H groups in total. The maximum atomic E-state index is 5.73. The minimum atomic E-state index is 0.0577. The van der Waals surface area contributed by atoms with Gasteiger partial charge in [0.1, 0.15) is 11.1 Å². The van der Waals surface area contributed by atoms with Crippen LogP contribution >= 0.6 is 11.3 Å². The third-order valence-corrected chi connectivity index (χ3v) is 5.59. The summed E-state index contributed by atoms with van der Waals surface area (Å²) in [5, 5.41) is 18.1. The molecule has 114 valence electrons. The van der Waals surface area contributed by atoms with Gasteiger partial charge in [-0.25, -0.2) is 0 Å². The lowest BCUT2D eigenvalue weighted by Crippen LogP contribution is -2.39. The molecule has 6 nitrogen and oxygen atoms in total. The first-order chi connectivity index (χ1) is 10.1. The average molecular weight is 307 g/mol. The smallest absolute Gasteiger partial charge is 0.234 e. The number of fused-ring (bicyclic) bond motifs is 1. The molecule has 0 aliphatic carbocycles. The van der Waals surface area contributed by atoms with E-state index in [-0.39, 0.29) is 11.5 Å². The molecule has 0 saturated carbocycles. The molecule has 0 radical (unpaired) electrons. The first kappa shape index (κ1) is 13.6. The molecule has 0 spiro atoms. The Hall–Kier alpha value is -1.05. The van der Waals surface area contributed by atoms with Gasteiger partial charge in [0, 0.05) is 6.61 Å². The van der Waals surface area contributed by atoms with Crippen LogP contribution in [-0.4, -0.2) is 33.0 Å². The fourth-order valence-corrected chi connectivity index (χ4v) is 4.51. The predicted molar refractivity (Wildman–Crippen MR) is 80.3 cm³/mol. The molecule has 0 amide bonds. The van der Waals surface area contributed by atoms with Crippen LogP contribution in [0.2, 0.25) is 0 Å². The van der Waals surface area contributed by atoms with Crippen LogP contribution in [-0.2, 0) is 4.74 Å². The molecular weight excluding hydrogens is 286 g/mol. The van der Waals surface area contributed by atoms with E-state index in [1.807, 2.05) is 4.52 Å². The molecular formula is C14H21N5OS. The lowest BCUT2D eigenvalue weighted by molar-refractivity contribution is 0.103. The minimum Gasteiger partial charge on any atom is -0.370 e. The summed E-state index contributed by atoms with van der Waals surface area (Å²) in [5.41, 5.74) is 0.228. The van der Waals surface area contributed by atoms with Gasteiger partial charge >= 0.3 is 0 Å². The Morgan fingerprint density at radius 1 is 1.33 bits per heavy atom. The van der Waals surface area contributed by atoms with Crippen molar-refractivity contribution in [3.05, 3.63) is 10.8 Å². The van der Waals surface area contributed by atoms with Crippen molar-refractivity contribution in [2.45, 2.75) is 51.7 Å². The minimum absolute atomic E-state index is 0.0577. The summed E-state index contributed by atoms with van der Waals surface area (Å²) >= 11 is 1.65. The highest BCUT2D eigenvalue weighted by Crippen LogP contribution is 2.41.